The van der Waals surface area contributed by atoms with Gasteiger partial charge in [0.25, 0.3) is 0 Å². The van der Waals surface area contributed by atoms with Crippen LogP contribution in [-0.4, -0.2) is 21.8 Å². The van der Waals surface area contributed by atoms with E-state index in [1.807, 2.05) is 36.4 Å². The van der Waals surface area contributed by atoms with Crippen molar-refractivity contribution in [1.29, 1.82) is 0 Å². The summed E-state index contributed by atoms with van der Waals surface area (Å²) in [4.78, 5) is 0. The molecule has 2 N–H and O–H groups in total. The molecule has 4 nitrogen and oxygen atoms in total. The third-order valence-electron chi connectivity index (χ3n) is 2.84. The number of hydrogen-bond donors (Lipinski definition) is 2. The molecule has 0 fully saturated rings. The van der Waals surface area contributed by atoms with Crippen molar-refractivity contribution in [3.05, 3.63) is 47.5 Å². The quantitative estimate of drug-likeness (QED) is 0.519. The summed E-state index contributed by atoms with van der Waals surface area (Å²) in [7, 11) is 0. The van der Waals surface area contributed by atoms with E-state index in [0.29, 0.717) is 11.4 Å². The van der Waals surface area contributed by atoms with E-state index >= 15 is 0 Å². The molecule has 4 heteroatoms. The van der Waals surface area contributed by atoms with E-state index in [1.165, 1.54) is 0 Å². The second kappa shape index (κ2) is 3.06. The summed E-state index contributed by atoms with van der Waals surface area (Å²) in [6, 6.07) is 11.4. The van der Waals surface area contributed by atoms with Gasteiger partial charge in [-0.1, -0.05) is 46.7 Å². The highest BCUT2D eigenvalue weighted by Gasteiger charge is 2.27. The third-order valence-corrected chi connectivity index (χ3v) is 2.84. The molecule has 0 bridgehead atoms. The van der Waals surface area contributed by atoms with Gasteiger partial charge in [-0.3, -0.25) is 0 Å². The maximum Gasteiger partial charge on any atom is 0.140 e. The zero-order chi connectivity index (χ0) is 11.1. The number of rotatable bonds is 0. The third kappa shape index (κ3) is 0.930. The van der Waals surface area contributed by atoms with Crippen LogP contribution in [0.5, 0.6) is 0 Å². The Balaban J connectivity index is 2.53. The van der Waals surface area contributed by atoms with Crippen molar-refractivity contribution in [1.82, 2.24) is 0 Å². The molecule has 1 aliphatic carbocycles. The van der Waals surface area contributed by atoms with Crippen LogP contribution in [0.25, 0.3) is 10.8 Å². The summed E-state index contributed by atoms with van der Waals surface area (Å²) in [6.45, 7) is 0. The van der Waals surface area contributed by atoms with E-state index in [4.69, 9.17) is 10.4 Å². The van der Waals surface area contributed by atoms with Gasteiger partial charge in [-0.05, 0) is 5.39 Å². The molecule has 1 aliphatic rings. The molecule has 0 saturated heterocycles. The molecule has 0 aromatic heterocycles. The van der Waals surface area contributed by atoms with Gasteiger partial charge in [0.05, 0.1) is 0 Å². The second-order valence-corrected chi connectivity index (χ2v) is 3.61. The fraction of sp³-hybridized carbons (Fsp3) is 0. The van der Waals surface area contributed by atoms with E-state index < -0.39 is 0 Å². The highest BCUT2D eigenvalue weighted by Crippen LogP contribution is 2.31. The Bertz CT molecular complexity index is 592. The van der Waals surface area contributed by atoms with Gasteiger partial charge in [0.2, 0.25) is 0 Å². The lowest BCUT2D eigenvalue weighted by Gasteiger charge is -1.98. The summed E-state index contributed by atoms with van der Waals surface area (Å²) in [5.41, 5.74) is 2.22. The van der Waals surface area contributed by atoms with Gasteiger partial charge < -0.3 is 10.4 Å². The van der Waals surface area contributed by atoms with Crippen molar-refractivity contribution in [2.24, 2.45) is 10.3 Å². The van der Waals surface area contributed by atoms with Gasteiger partial charge in [0.1, 0.15) is 11.4 Å². The van der Waals surface area contributed by atoms with Crippen LogP contribution in [0, 0.1) is 0 Å². The average molecular weight is 212 g/mol. The first kappa shape index (κ1) is 8.91. The zero-order valence-electron chi connectivity index (χ0n) is 8.25. The normalized spacial score (nSPS) is 18.8. The van der Waals surface area contributed by atoms with Crippen molar-refractivity contribution in [3.63, 3.8) is 0 Å². The Hall–Kier alpha value is -2.36. The molecule has 0 unspecified atom stereocenters. The van der Waals surface area contributed by atoms with E-state index in [9.17, 15) is 0 Å². The molecule has 0 amide bonds. The lowest BCUT2D eigenvalue weighted by atomic mass is 10.1. The van der Waals surface area contributed by atoms with Crippen molar-refractivity contribution < 1.29 is 10.4 Å². The van der Waals surface area contributed by atoms with Gasteiger partial charge in [-0.15, -0.1) is 0 Å². The molecule has 0 spiro atoms. The lowest BCUT2D eigenvalue weighted by Crippen LogP contribution is -2.10. The van der Waals surface area contributed by atoms with E-state index in [-0.39, 0.29) is 0 Å². The Labute approximate surface area is 91.1 Å². The van der Waals surface area contributed by atoms with Crippen LogP contribution in [0.15, 0.2) is 46.7 Å². The van der Waals surface area contributed by atoms with Gasteiger partial charge in [-0.25, -0.2) is 0 Å². The maximum absolute atomic E-state index is 8.99. The minimum Gasteiger partial charge on any atom is -0.410 e. The number of hydrogen-bond acceptors (Lipinski definition) is 4. The van der Waals surface area contributed by atoms with Crippen molar-refractivity contribution in [2.45, 2.75) is 0 Å². The van der Waals surface area contributed by atoms with Gasteiger partial charge in [0.15, 0.2) is 0 Å². The highest BCUT2D eigenvalue weighted by atomic mass is 16.4. The molecule has 0 heterocycles. The molecule has 78 valence electrons. The van der Waals surface area contributed by atoms with Crippen LogP contribution < -0.4 is 0 Å². The topological polar surface area (TPSA) is 65.2 Å². The largest absolute Gasteiger partial charge is 0.410 e. The standard InChI is InChI=1S/C12H8N2O2/c15-13-11-8-5-1-3-7-4-2-6-9(10(7)8)12(11)14-16/h1-6,15-16H/b13-11+,14-12+. The van der Waals surface area contributed by atoms with Gasteiger partial charge in [-0.2, -0.15) is 0 Å². The Kier molecular flexibility index (Phi) is 1.71. The summed E-state index contributed by atoms with van der Waals surface area (Å²) < 4.78 is 0. The summed E-state index contributed by atoms with van der Waals surface area (Å²) in [5.74, 6) is 0. The first-order chi connectivity index (χ1) is 7.86. The smallest absolute Gasteiger partial charge is 0.140 e. The summed E-state index contributed by atoms with van der Waals surface area (Å²) >= 11 is 0. The number of nitrogens with zero attached hydrogens (tertiary/aromatic N) is 2. The van der Waals surface area contributed by atoms with Crippen molar-refractivity contribution >= 4 is 22.2 Å². The van der Waals surface area contributed by atoms with Crippen LogP contribution in [0.2, 0.25) is 0 Å². The fourth-order valence-corrected chi connectivity index (χ4v) is 2.19. The van der Waals surface area contributed by atoms with Gasteiger partial charge >= 0.3 is 0 Å². The van der Waals surface area contributed by atoms with Crippen LogP contribution in [0.4, 0.5) is 0 Å². The Morgan fingerprint density at radius 2 is 1.25 bits per heavy atom. The predicted octanol–water partition coefficient (Wildman–Crippen LogP) is 2.21. The van der Waals surface area contributed by atoms with E-state index in [0.717, 1.165) is 21.9 Å². The molecule has 0 aliphatic heterocycles. The minimum absolute atomic E-state index is 0.314. The van der Waals surface area contributed by atoms with E-state index in [1.54, 1.807) is 0 Å². The Morgan fingerprint density at radius 1 is 0.750 bits per heavy atom. The molecule has 2 aromatic carbocycles. The van der Waals surface area contributed by atoms with Crippen LogP contribution >= 0.6 is 0 Å². The summed E-state index contributed by atoms with van der Waals surface area (Å²) in [6.07, 6.45) is 0. The van der Waals surface area contributed by atoms with Gasteiger partial charge in [0, 0.05) is 16.5 Å². The highest BCUT2D eigenvalue weighted by molar-refractivity contribution is 6.60. The van der Waals surface area contributed by atoms with Crippen molar-refractivity contribution in [3.8, 4) is 0 Å². The molecular formula is C12H8N2O2. The lowest BCUT2D eigenvalue weighted by molar-refractivity contribution is 0.315. The first-order valence-corrected chi connectivity index (χ1v) is 4.84. The number of benzene rings is 2. The van der Waals surface area contributed by atoms with Crippen LogP contribution in [0.3, 0.4) is 0 Å². The molecule has 0 saturated carbocycles. The number of oxime groups is 2. The van der Waals surface area contributed by atoms with Crippen LogP contribution in [-0.2, 0) is 0 Å². The summed E-state index contributed by atoms with van der Waals surface area (Å²) in [5, 5.41) is 26.4. The minimum atomic E-state index is 0.314. The molecule has 2 aromatic rings. The zero-order valence-corrected chi connectivity index (χ0v) is 8.25. The Morgan fingerprint density at radius 3 is 1.69 bits per heavy atom. The SMILES string of the molecule is O/N=C1/C(=N/O)c2cccc3cccc1c23. The van der Waals surface area contributed by atoms with E-state index in [2.05, 4.69) is 10.3 Å². The second-order valence-electron chi connectivity index (χ2n) is 3.61. The molecule has 0 atom stereocenters. The molecule has 3 rings (SSSR count). The maximum atomic E-state index is 8.99. The molecular weight excluding hydrogens is 204 g/mol. The first-order valence-electron chi connectivity index (χ1n) is 4.84. The molecule has 0 radical (unpaired) electrons. The van der Waals surface area contributed by atoms with Crippen molar-refractivity contribution in [2.75, 3.05) is 0 Å². The van der Waals surface area contributed by atoms with Crippen LogP contribution in [0.1, 0.15) is 11.1 Å². The fourth-order valence-electron chi connectivity index (χ4n) is 2.19. The predicted molar refractivity (Wildman–Crippen MR) is 60.6 cm³/mol. The molecule has 16 heavy (non-hydrogen) atoms. The monoisotopic (exact) mass is 212 g/mol. The average Bonchev–Trinajstić information content (AvgIpc) is 2.65.